The fourth-order valence-corrected chi connectivity index (χ4v) is 2.85. The van der Waals surface area contributed by atoms with Crippen LogP contribution in [0.3, 0.4) is 0 Å². The van der Waals surface area contributed by atoms with E-state index in [4.69, 9.17) is 0 Å². The minimum absolute atomic E-state index is 0.0564. The average Bonchev–Trinajstić information content (AvgIpc) is 2.62. The number of hydrogen-bond donors (Lipinski definition) is 1. The predicted molar refractivity (Wildman–Crippen MR) is 96.2 cm³/mol. The highest BCUT2D eigenvalue weighted by atomic mass is 16.6. The van der Waals surface area contributed by atoms with Crippen molar-refractivity contribution in [1.82, 2.24) is 5.43 Å². The molecule has 1 heterocycles. The van der Waals surface area contributed by atoms with Crippen LogP contribution in [-0.4, -0.2) is 30.6 Å². The summed E-state index contributed by atoms with van der Waals surface area (Å²) in [5.41, 5.74) is 6.12. The molecule has 0 bridgehead atoms. The summed E-state index contributed by atoms with van der Waals surface area (Å²) in [6, 6.07) is 11.5. The van der Waals surface area contributed by atoms with Crippen molar-refractivity contribution in [2.24, 2.45) is 5.10 Å². The van der Waals surface area contributed by atoms with E-state index in [9.17, 15) is 14.9 Å². The zero-order valence-electron chi connectivity index (χ0n) is 13.8. The van der Waals surface area contributed by atoms with Crippen LogP contribution >= 0.6 is 0 Å². The van der Waals surface area contributed by atoms with Crippen molar-refractivity contribution < 1.29 is 9.72 Å². The molecule has 1 amide bonds. The summed E-state index contributed by atoms with van der Waals surface area (Å²) >= 11 is 0. The third kappa shape index (κ3) is 3.82. The molecule has 0 aliphatic carbocycles. The van der Waals surface area contributed by atoms with Gasteiger partial charge in [-0.2, -0.15) is 5.10 Å². The van der Waals surface area contributed by atoms with Crippen molar-refractivity contribution in [2.45, 2.75) is 12.8 Å². The monoisotopic (exact) mass is 338 g/mol. The Morgan fingerprint density at radius 1 is 1.28 bits per heavy atom. The summed E-state index contributed by atoms with van der Waals surface area (Å²) in [6.07, 6.45) is 3.76. The molecule has 3 rings (SSSR count). The first-order valence-corrected chi connectivity index (χ1v) is 7.96. The normalized spacial score (nSPS) is 13.6. The van der Waals surface area contributed by atoms with Crippen LogP contribution in [0.15, 0.2) is 47.6 Å². The van der Waals surface area contributed by atoms with Crippen LogP contribution in [0.4, 0.5) is 11.4 Å². The quantitative estimate of drug-likeness (QED) is 0.527. The van der Waals surface area contributed by atoms with Gasteiger partial charge in [0.1, 0.15) is 0 Å². The molecule has 25 heavy (non-hydrogen) atoms. The Hall–Kier alpha value is -3.22. The Morgan fingerprint density at radius 2 is 2.04 bits per heavy atom. The van der Waals surface area contributed by atoms with E-state index in [1.54, 1.807) is 6.21 Å². The van der Waals surface area contributed by atoms with Gasteiger partial charge >= 0.3 is 0 Å². The number of carbonyl (C=O) groups is 1. The average molecular weight is 338 g/mol. The molecule has 0 spiro atoms. The minimum Gasteiger partial charge on any atom is -0.374 e. The van der Waals surface area contributed by atoms with Gasteiger partial charge in [-0.15, -0.1) is 0 Å². The number of aryl methyl sites for hydroxylation is 1. The molecule has 0 atom stereocenters. The molecule has 0 saturated heterocycles. The number of nitrogens with one attached hydrogen (secondary N) is 1. The van der Waals surface area contributed by atoms with E-state index in [-0.39, 0.29) is 5.69 Å². The van der Waals surface area contributed by atoms with Crippen molar-refractivity contribution in [2.75, 3.05) is 18.5 Å². The molecule has 0 radical (unpaired) electrons. The Bertz CT molecular complexity index is 831. The van der Waals surface area contributed by atoms with Gasteiger partial charge in [0.05, 0.1) is 11.1 Å². The fourth-order valence-electron chi connectivity index (χ4n) is 2.85. The molecular formula is C18H18N4O3. The molecule has 0 saturated carbocycles. The third-order valence-corrected chi connectivity index (χ3v) is 4.17. The van der Waals surface area contributed by atoms with Gasteiger partial charge in [0, 0.05) is 37.0 Å². The zero-order chi connectivity index (χ0) is 17.8. The molecular weight excluding hydrogens is 320 g/mol. The highest BCUT2D eigenvalue weighted by Gasteiger charge is 2.13. The first kappa shape index (κ1) is 16.6. The van der Waals surface area contributed by atoms with E-state index in [1.807, 2.05) is 6.07 Å². The number of non-ortho nitro benzene ring substituents is 1. The molecule has 1 aliphatic rings. The van der Waals surface area contributed by atoms with Crippen LogP contribution < -0.4 is 10.3 Å². The predicted octanol–water partition coefficient (Wildman–Crippen LogP) is 2.74. The number of anilines is 1. The standard InChI is InChI=1S/C18H18N4O3/c1-21-10-2-3-15-11-13(4-9-17(15)21)12-19-20-18(23)14-5-7-16(8-6-14)22(24)25/h4-9,11-12H,2-3,10H2,1H3,(H,20,23). The summed E-state index contributed by atoms with van der Waals surface area (Å²) in [7, 11) is 2.08. The van der Waals surface area contributed by atoms with Crippen LogP contribution in [0.1, 0.15) is 27.9 Å². The van der Waals surface area contributed by atoms with Gasteiger partial charge < -0.3 is 4.90 Å². The summed E-state index contributed by atoms with van der Waals surface area (Å²) in [4.78, 5) is 24.3. The number of hydrazone groups is 1. The third-order valence-electron chi connectivity index (χ3n) is 4.17. The first-order valence-electron chi connectivity index (χ1n) is 7.96. The SMILES string of the molecule is CN1CCCc2cc(C=NNC(=O)c3ccc([N+](=O)[O-])cc3)ccc21. The molecule has 7 heteroatoms. The Balaban J connectivity index is 1.64. The minimum atomic E-state index is -0.507. The highest BCUT2D eigenvalue weighted by molar-refractivity contribution is 5.95. The van der Waals surface area contributed by atoms with Crippen molar-refractivity contribution in [3.63, 3.8) is 0 Å². The van der Waals surface area contributed by atoms with Crippen LogP contribution in [-0.2, 0) is 6.42 Å². The van der Waals surface area contributed by atoms with Gasteiger partial charge in [0.15, 0.2) is 0 Å². The maximum absolute atomic E-state index is 12.0. The molecule has 0 aromatic heterocycles. The van der Waals surface area contributed by atoms with Gasteiger partial charge in [0.2, 0.25) is 0 Å². The summed E-state index contributed by atoms with van der Waals surface area (Å²) in [5.74, 6) is -0.413. The number of nitrogens with zero attached hydrogens (tertiary/aromatic N) is 3. The van der Waals surface area contributed by atoms with Crippen LogP contribution in [0.2, 0.25) is 0 Å². The second kappa shape index (κ2) is 7.12. The number of amides is 1. The largest absolute Gasteiger partial charge is 0.374 e. The lowest BCUT2D eigenvalue weighted by Gasteiger charge is -2.27. The van der Waals surface area contributed by atoms with Gasteiger partial charge in [-0.05, 0) is 48.2 Å². The smallest absolute Gasteiger partial charge is 0.271 e. The number of hydrogen-bond acceptors (Lipinski definition) is 5. The molecule has 1 N–H and O–H groups in total. The van der Waals surface area contributed by atoms with Gasteiger partial charge in [-0.3, -0.25) is 14.9 Å². The van der Waals surface area contributed by atoms with Crippen molar-refractivity contribution >= 4 is 23.5 Å². The van der Waals surface area contributed by atoms with Crippen LogP contribution in [0.25, 0.3) is 0 Å². The van der Waals surface area contributed by atoms with Gasteiger partial charge in [-0.25, -0.2) is 5.43 Å². The number of nitro groups is 1. The van der Waals surface area contributed by atoms with E-state index in [0.717, 1.165) is 24.9 Å². The van der Waals surface area contributed by atoms with Crippen molar-refractivity contribution in [3.05, 3.63) is 69.3 Å². The fraction of sp³-hybridized carbons (Fsp3) is 0.222. The lowest BCUT2D eigenvalue weighted by atomic mass is 10.00. The topological polar surface area (TPSA) is 87.8 Å². The summed E-state index contributed by atoms with van der Waals surface area (Å²) in [6.45, 7) is 1.06. The van der Waals surface area contributed by atoms with Crippen molar-refractivity contribution in [3.8, 4) is 0 Å². The van der Waals surface area contributed by atoms with E-state index < -0.39 is 10.8 Å². The van der Waals surface area contributed by atoms with E-state index in [0.29, 0.717) is 5.56 Å². The lowest BCUT2D eigenvalue weighted by Crippen LogP contribution is -2.24. The summed E-state index contributed by atoms with van der Waals surface area (Å²) in [5, 5.41) is 14.6. The zero-order valence-corrected chi connectivity index (χ0v) is 13.8. The molecule has 2 aromatic carbocycles. The maximum Gasteiger partial charge on any atom is 0.271 e. The van der Waals surface area contributed by atoms with E-state index >= 15 is 0 Å². The van der Waals surface area contributed by atoms with Crippen molar-refractivity contribution in [1.29, 1.82) is 0 Å². The summed E-state index contributed by atoms with van der Waals surface area (Å²) < 4.78 is 0. The van der Waals surface area contributed by atoms with Gasteiger partial charge in [-0.1, -0.05) is 6.07 Å². The van der Waals surface area contributed by atoms with E-state index in [1.165, 1.54) is 35.5 Å². The molecule has 0 unspecified atom stereocenters. The Morgan fingerprint density at radius 3 is 2.76 bits per heavy atom. The number of carbonyl (C=O) groups excluding carboxylic acids is 1. The molecule has 0 fully saturated rings. The van der Waals surface area contributed by atoms with Gasteiger partial charge in [0.25, 0.3) is 11.6 Å². The molecule has 7 nitrogen and oxygen atoms in total. The maximum atomic E-state index is 12.0. The number of fused-ring (bicyclic) bond motifs is 1. The lowest BCUT2D eigenvalue weighted by molar-refractivity contribution is -0.384. The second-order valence-electron chi connectivity index (χ2n) is 5.92. The molecule has 128 valence electrons. The number of benzene rings is 2. The van der Waals surface area contributed by atoms with E-state index in [2.05, 4.69) is 34.6 Å². The molecule has 2 aromatic rings. The van der Waals surface area contributed by atoms with Crippen LogP contribution in [0.5, 0.6) is 0 Å². The Kier molecular flexibility index (Phi) is 4.74. The van der Waals surface area contributed by atoms with Crippen LogP contribution in [0, 0.1) is 10.1 Å². The number of nitro benzene ring substituents is 1. The Labute approximate surface area is 145 Å². The highest BCUT2D eigenvalue weighted by Crippen LogP contribution is 2.26. The second-order valence-corrected chi connectivity index (χ2v) is 5.92. The first-order chi connectivity index (χ1) is 12.0. The molecule has 1 aliphatic heterocycles. The number of rotatable bonds is 4.